The second-order valence-electron chi connectivity index (χ2n) is 6.94. The van der Waals surface area contributed by atoms with Crippen molar-refractivity contribution >= 4 is 17.5 Å². The predicted octanol–water partition coefficient (Wildman–Crippen LogP) is 4.31. The SMILES string of the molecule is COc1ccc([C@@H](CNC(=O)c2ccc(OC)c(Cl)c2)N2CCCCC2)cc1. The summed E-state index contributed by atoms with van der Waals surface area (Å²) < 4.78 is 10.4. The molecule has 0 radical (unpaired) electrons. The van der Waals surface area contributed by atoms with E-state index < -0.39 is 0 Å². The van der Waals surface area contributed by atoms with Crippen molar-refractivity contribution in [2.75, 3.05) is 33.9 Å². The summed E-state index contributed by atoms with van der Waals surface area (Å²) in [5.74, 6) is 1.25. The number of amides is 1. The van der Waals surface area contributed by atoms with Crippen LogP contribution in [-0.4, -0.2) is 44.7 Å². The van der Waals surface area contributed by atoms with Crippen LogP contribution in [0.3, 0.4) is 0 Å². The Morgan fingerprint density at radius 2 is 1.79 bits per heavy atom. The van der Waals surface area contributed by atoms with Crippen LogP contribution in [0.4, 0.5) is 0 Å². The van der Waals surface area contributed by atoms with Gasteiger partial charge < -0.3 is 14.8 Å². The van der Waals surface area contributed by atoms with E-state index >= 15 is 0 Å². The minimum atomic E-state index is -0.139. The molecule has 0 unspecified atom stereocenters. The Hall–Kier alpha value is -2.24. The van der Waals surface area contributed by atoms with Crippen molar-refractivity contribution in [1.29, 1.82) is 0 Å². The second kappa shape index (κ2) is 9.80. The highest BCUT2D eigenvalue weighted by atomic mass is 35.5. The Bertz CT molecular complexity index is 789. The molecule has 0 saturated carbocycles. The lowest BCUT2D eigenvalue weighted by Gasteiger charge is -2.35. The van der Waals surface area contributed by atoms with Crippen molar-refractivity contribution in [3.05, 3.63) is 58.6 Å². The molecule has 1 heterocycles. The van der Waals surface area contributed by atoms with Crippen molar-refractivity contribution < 1.29 is 14.3 Å². The Kier molecular flexibility index (Phi) is 7.18. The van der Waals surface area contributed by atoms with Gasteiger partial charge in [0.15, 0.2) is 0 Å². The van der Waals surface area contributed by atoms with Crippen LogP contribution in [0.15, 0.2) is 42.5 Å². The van der Waals surface area contributed by atoms with Crippen LogP contribution in [-0.2, 0) is 0 Å². The lowest BCUT2D eigenvalue weighted by atomic mass is 10.0. The minimum absolute atomic E-state index is 0.129. The van der Waals surface area contributed by atoms with Gasteiger partial charge in [-0.25, -0.2) is 0 Å². The molecule has 2 aromatic carbocycles. The molecular formula is C22H27ClN2O3. The fraction of sp³-hybridized carbons (Fsp3) is 0.409. The fourth-order valence-electron chi connectivity index (χ4n) is 3.61. The maximum Gasteiger partial charge on any atom is 0.251 e. The normalized spacial score (nSPS) is 15.7. The van der Waals surface area contributed by atoms with Crippen LogP contribution in [0.25, 0.3) is 0 Å². The second-order valence-corrected chi connectivity index (χ2v) is 7.35. The summed E-state index contributed by atoms with van der Waals surface area (Å²) in [6.45, 7) is 2.62. The van der Waals surface area contributed by atoms with Crippen molar-refractivity contribution in [3.63, 3.8) is 0 Å². The van der Waals surface area contributed by atoms with Gasteiger partial charge in [-0.05, 0) is 61.8 Å². The monoisotopic (exact) mass is 402 g/mol. The number of benzene rings is 2. The summed E-state index contributed by atoms with van der Waals surface area (Å²) in [5.41, 5.74) is 1.70. The first-order chi connectivity index (χ1) is 13.6. The molecule has 1 aliphatic rings. The highest BCUT2D eigenvalue weighted by Gasteiger charge is 2.23. The average molecular weight is 403 g/mol. The molecule has 5 nitrogen and oxygen atoms in total. The molecule has 1 N–H and O–H groups in total. The van der Waals surface area contributed by atoms with E-state index in [-0.39, 0.29) is 11.9 Å². The van der Waals surface area contributed by atoms with Gasteiger partial charge in [0.1, 0.15) is 11.5 Å². The number of methoxy groups -OCH3 is 2. The first kappa shape index (κ1) is 20.5. The predicted molar refractivity (Wildman–Crippen MR) is 111 cm³/mol. The first-order valence-electron chi connectivity index (χ1n) is 9.62. The molecule has 1 atom stereocenters. The van der Waals surface area contributed by atoms with Crippen LogP contribution >= 0.6 is 11.6 Å². The van der Waals surface area contributed by atoms with Gasteiger partial charge >= 0.3 is 0 Å². The lowest BCUT2D eigenvalue weighted by molar-refractivity contribution is 0.0924. The molecule has 0 aliphatic carbocycles. The molecule has 2 aromatic rings. The molecule has 1 aliphatic heterocycles. The van der Waals surface area contributed by atoms with Crippen LogP contribution in [0.2, 0.25) is 5.02 Å². The number of nitrogens with zero attached hydrogens (tertiary/aromatic N) is 1. The van der Waals surface area contributed by atoms with Crippen LogP contribution < -0.4 is 14.8 Å². The zero-order valence-corrected chi connectivity index (χ0v) is 17.2. The van der Waals surface area contributed by atoms with Gasteiger partial charge in [0.2, 0.25) is 0 Å². The zero-order chi connectivity index (χ0) is 19.9. The number of hydrogen-bond donors (Lipinski definition) is 1. The highest BCUT2D eigenvalue weighted by Crippen LogP contribution is 2.27. The van der Waals surface area contributed by atoms with Crippen molar-refractivity contribution in [2.24, 2.45) is 0 Å². The fourth-order valence-corrected chi connectivity index (χ4v) is 3.87. The third-order valence-electron chi connectivity index (χ3n) is 5.20. The van der Waals surface area contributed by atoms with Crippen LogP contribution in [0, 0.1) is 0 Å². The largest absolute Gasteiger partial charge is 0.497 e. The maximum absolute atomic E-state index is 12.7. The summed E-state index contributed by atoms with van der Waals surface area (Å²) in [4.78, 5) is 15.1. The van der Waals surface area contributed by atoms with E-state index in [0.717, 1.165) is 18.8 Å². The number of carbonyl (C=O) groups is 1. The number of piperidine rings is 1. The summed E-state index contributed by atoms with van der Waals surface area (Å²) in [7, 11) is 3.22. The highest BCUT2D eigenvalue weighted by molar-refractivity contribution is 6.32. The third kappa shape index (κ3) is 4.97. The topological polar surface area (TPSA) is 50.8 Å². The van der Waals surface area contributed by atoms with Crippen molar-refractivity contribution in [3.8, 4) is 11.5 Å². The molecular weight excluding hydrogens is 376 g/mol. The van der Waals surface area contributed by atoms with Gasteiger partial charge in [-0.15, -0.1) is 0 Å². The summed E-state index contributed by atoms with van der Waals surface area (Å²) in [6.07, 6.45) is 3.64. The number of ether oxygens (including phenoxy) is 2. The van der Waals surface area contributed by atoms with Crippen LogP contribution in [0.1, 0.15) is 41.2 Å². The Morgan fingerprint density at radius 1 is 1.07 bits per heavy atom. The van der Waals surface area contributed by atoms with Crippen LogP contribution in [0.5, 0.6) is 11.5 Å². The standard InChI is InChI=1S/C22H27ClN2O3/c1-27-18-9-6-16(7-10-18)20(25-12-4-3-5-13-25)15-24-22(26)17-8-11-21(28-2)19(23)14-17/h6-11,14,20H,3-5,12-13,15H2,1-2H3,(H,24,26)/t20-/m1/s1. The average Bonchev–Trinajstić information content (AvgIpc) is 2.75. The summed E-state index contributed by atoms with van der Waals surface area (Å²) in [6, 6.07) is 13.3. The molecule has 0 bridgehead atoms. The lowest BCUT2D eigenvalue weighted by Crippen LogP contribution is -2.40. The molecule has 28 heavy (non-hydrogen) atoms. The molecule has 0 spiro atoms. The molecule has 3 rings (SSSR count). The van der Waals surface area contributed by atoms with Gasteiger partial charge in [0.25, 0.3) is 5.91 Å². The van der Waals surface area contributed by atoms with E-state index in [9.17, 15) is 4.79 Å². The Balaban J connectivity index is 1.73. The number of hydrogen-bond acceptors (Lipinski definition) is 4. The van der Waals surface area contributed by atoms with Gasteiger partial charge in [-0.2, -0.15) is 0 Å². The van der Waals surface area contributed by atoms with Gasteiger partial charge in [-0.1, -0.05) is 30.2 Å². The Morgan fingerprint density at radius 3 is 2.39 bits per heavy atom. The number of rotatable bonds is 7. The maximum atomic E-state index is 12.7. The van der Waals surface area contributed by atoms with E-state index in [0.29, 0.717) is 22.9 Å². The minimum Gasteiger partial charge on any atom is -0.497 e. The molecule has 1 fully saturated rings. The quantitative estimate of drug-likeness (QED) is 0.749. The zero-order valence-electron chi connectivity index (χ0n) is 16.4. The number of likely N-dealkylation sites (tertiary alicyclic amines) is 1. The van der Waals surface area contributed by atoms with E-state index in [4.69, 9.17) is 21.1 Å². The van der Waals surface area contributed by atoms with Gasteiger partial charge in [0.05, 0.1) is 25.3 Å². The first-order valence-corrected chi connectivity index (χ1v) is 10.00. The summed E-state index contributed by atoms with van der Waals surface area (Å²) in [5, 5.41) is 3.51. The number of carbonyl (C=O) groups excluding carboxylic acids is 1. The molecule has 1 saturated heterocycles. The van der Waals surface area contributed by atoms with E-state index in [1.165, 1.54) is 24.8 Å². The molecule has 1 amide bonds. The van der Waals surface area contributed by atoms with E-state index in [2.05, 4.69) is 22.3 Å². The van der Waals surface area contributed by atoms with Crippen molar-refractivity contribution in [1.82, 2.24) is 10.2 Å². The smallest absolute Gasteiger partial charge is 0.251 e. The third-order valence-corrected chi connectivity index (χ3v) is 5.50. The number of nitrogens with one attached hydrogen (secondary N) is 1. The van der Waals surface area contributed by atoms with E-state index in [1.54, 1.807) is 32.4 Å². The van der Waals surface area contributed by atoms with Gasteiger partial charge in [-0.3, -0.25) is 9.69 Å². The Labute approximate surface area is 171 Å². The molecule has 6 heteroatoms. The van der Waals surface area contributed by atoms with Gasteiger partial charge in [0, 0.05) is 12.1 Å². The number of halogens is 1. The molecule has 150 valence electrons. The summed E-state index contributed by atoms with van der Waals surface area (Å²) >= 11 is 6.16. The van der Waals surface area contributed by atoms with E-state index in [1.807, 2.05) is 12.1 Å². The van der Waals surface area contributed by atoms with Crippen molar-refractivity contribution in [2.45, 2.75) is 25.3 Å². The molecule has 0 aromatic heterocycles.